The van der Waals surface area contributed by atoms with Crippen LogP contribution in [0.4, 0.5) is 0 Å². The first-order valence-electron chi connectivity index (χ1n) is 2.99. The molecule has 5 nitrogen and oxygen atoms in total. The van der Waals surface area contributed by atoms with E-state index in [0.29, 0.717) is 13.0 Å². The minimum atomic E-state index is -0.890. The fourth-order valence-electron chi connectivity index (χ4n) is 0.464. The highest BCUT2D eigenvalue weighted by molar-refractivity contribution is 5.68. The molecule has 0 aromatic carbocycles. The number of carbonyl (C=O) groups is 1. The summed E-state index contributed by atoms with van der Waals surface area (Å²) in [6.45, 7) is 0.712. The Labute approximate surface area is 58.4 Å². The molecule has 0 radical (unpaired) electrons. The summed E-state index contributed by atoms with van der Waals surface area (Å²) in [5.74, 6) is -0.890. The second kappa shape index (κ2) is 6.15. The normalized spacial score (nSPS) is 9.20. The average molecular weight is 146 g/mol. The highest BCUT2D eigenvalue weighted by Crippen LogP contribution is 1.76. The predicted octanol–water partition coefficient (Wildman–Crippen LogP) is -0.183. The Morgan fingerprint density at radius 2 is 2.30 bits per heavy atom. The highest BCUT2D eigenvalue weighted by Gasteiger charge is 1.93. The summed E-state index contributed by atoms with van der Waals surface area (Å²) in [4.78, 5) is 19.4. The van der Waals surface area contributed by atoms with Crippen molar-refractivity contribution in [2.45, 2.75) is 6.42 Å². The summed E-state index contributed by atoms with van der Waals surface area (Å²) < 4.78 is 0. The maximum atomic E-state index is 9.88. The molecule has 0 rings (SSSR count). The molecule has 0 aliphatic carbocycles. The molecule has 0 bridgehead atoms. The smallest absolute Gasteiger partial charge is 0.317 e. The molecule has 0 heterocycles. The van der Waals surface area contributed by atoms with Crippen LogP contribution < -0.4 is 5.32 Å². The van der Waals surface area contributed by atoms with Crippen LogP contribution in [0.3, 0.4) is 0 Å². The zero-order valence-corrected chi connectivity index (χ0v) is 5.54. The van der Waals surface area contributed by atoms with Crippen LogP contribution in [0.25, 0.3) is 0 Å². The first-order chi connectivity index (χ1) is 4.77. The van der Waals surface area contributed by atoms with Crippen LogP contribution in [-0.2, 0) is 4.79 Å². The van der Waals surface area contributed by atoms with Gasteiger partial charge in [-0.05, 0) is 13.0 Å². The first-order valence-corrected chi connectivity index (χ1v) is 2.99. The minimum absolute atomic E-state index is 0.0567. The third-order valence-electron chi connectivity index (χ3n) is 0.879. The van der Waals surface area contributed by atoms with E-state index in [0.717, 1.165) is 0 Å². The monoisotopic (exact) mass is 146 g/mol. The van der Waals surface area contributed by atoms with E-state index in [-0.39, 0.29) is 13.1 Å². The van der Waals surface area contributed by atoms with Crippen molar-refractivity contribution in [3.63, 3.8) is 0 Å². The van der Waals surface area contributed by atoms with Crippen molar-refractivity contribution in [3.8, 4) is 0 Å². The van der Waals surface area contributed by atoms with Crippen LogP contribution in [0.2, 0.25) is 0 Å². The SMILES string of the molecule is O=NCCCNCC(=O)O. The van der Waals surface area contributed by atoms with Crippen molar-refractivity contribution in [1.29, 1.82) is 0 Å². The predicted molar refractivity (Wildman–Crippen MR) is 35.8 cm³/mol. The number of aliphatic carboxylic acids is 1. The second-order valence-corrected chi connectivity index (χ2v) is 1.78. The number of hydrogen-bond donors (Lipinski definition) is 2. The van der Waals surface area contributed by atoms with Gasteiger partial charge in [0.1, 0.15) is 0 Å². The molecule has 0 unspecified atom stereocenters. The zero-order valence-electron chi connectivity index (χ0n) is 5.54. The zero-order chi connectivity index (χ0) is 7.82. The molecule has 0 aliphatic rings. The van der Waals surface area contributed by atoms with Crippen molar-refractivity contribution in [1.82, 2.24) is 5.32 Å². The van der Waals surface area contributed by atoms with Crippen LogP contribution in [0.5, 0.6) is 0 Å². The van der Waals surface area contributed by atoms with Gasteiger partial charge in [-0.25, -0.2) is 0 Å². The Hall–Kier alpha value is -0.970. The maximum Gasteiger partial charge on any atom is 0.317 e. The van der Waals surface area contributed by atoms with E-state index in [9.17, 15) is 9.70 Å². The molecule has 0 aromatic heterocycles. The van der Waals surface area contributed by atoms with Crippen LogP contribution in [0.1, 0.15) is 6.42 Å². The number of nitrogens with zero attached hydrogens (tertiary/aromatic N) is 1. The minimum Gasteiger partial charge on any atom is -0.480 e. The van der Waals surface area contributed by atoms with Gasteiger partial charge < -0.3 is 10.4 Å². The van der Waals surface area contributed by atoms with Gasteiger partial charge in [0.05, 0.1) is 13.1 Å². The Bertz CT molecular complexity index is 115. The Morgan fingerprint density at radius 1 is 1.60 bits per heavy atom. The molecule has 10 heavy (non-hydrogen) atoms. The number of hydrogen-bond acceptors (Lipinski definition) is 4. The summed E-state index contributed by atoms with van der Waals surface area (Å²) in [7, 11) is 0. The average Bonchev–Trinajstić information content (AvgIpc) is 1.87. The van der Waals surface area contributed by atoms with E-state index in [2.05, 4.69) is 10.5 Å². The van der Waals surface area contributed by atoms with Gasteiger partial charge >= 0.3 is 5.97 Å². The van der Waals surface area contributed by atoms with E-state index in [4.69, 9.17) is 5.11 Å². The van der Waals surface area contributed by atoms with Gasteiger partial charge in [-0.1, -0.05) is 5.18 Å². The van der Waals surface area contributed by atoms with E-state index in [1.165, 1.54) is 0 Å². The molecule has 58 valence electrons. The van der Waals surface area contributed by atoms with Crippen molar-refractivity contribution >= 4 is 5.97 Å². The van der Waals surface area contributed by atoms with Gasteiger partial charge in [0.25, 0.3) is 0 Å². The van der Waals surface area contributed by atoms with Gasteiger partial charge in [-0.3, -0.25) is 4.79 Å². The van der Waals surface area contributed by atoms with Crippen LogP contribution in [-0.4, -0.2) is 30.7 Å². The maximum absolute atomic E-state index is 9.88. The molecule has 0 aliphatic heterocycles. The lowest BCUT2D eigenvalue weighted by molar-refractivity contribution is -0.135. The summed E-state index contributed by atoms with van der Waals surface area (Å²) >= 11 is 0. The lowest BCUT2D eigenvalue weighted by atomic mass is 10.4. The largest absolute Gasteiger partial charge is 0.480 e. The van der Waals surface area contributed by atoms with E-state index in [1.54, 1.807) is 0 Å². The van der Waals surface area contributed by atoms with Crippen molar-refractivity contribution < 1.29 is 9.90 Å². The lowest BCUT2D eigenvalue weighted by Crippen LogP contribution is -2.23. The number of carboxylic acids is 1. The quantitative estimate of drug-likeness (QED) is 0.402. The molecule has 0 atom stereocenters. The van der Waals surface area contributed by atoms with Crippen LogP contribution in [0.15, 0.2) is 5.18 Å². The molecule has 0 amide bonds. The third kappa shape index (κ3) is 7.03. The molecular formula is C5H10N2O3. The summed E-state index contributed by atoms with van der Waals surface area (Å²) in [5.41, 5.74) is 0. The molecule has 5 heteroatoms. The molecular weight excluding hydrogens is 136 g/mol. The molecule has 2 N–H and O–H groups in total. The van der Waals surface area contributed by atoms with Gasteiger partial charge in [0.15, 0.2) is 0 Å². The molecule has 0 saturated carbocycles. The first kappa shape index (κ1) is 9.03. The van der Waals surface area contributed by atoms with E-state index >= 15 is 0 Å². The summed E-state index contributed by atoms with van der Waals surface area (Å²) in [5, 5.41) is 13.4. The molecule has 0 saturated heterocycles. The fraction of sp³-hybridized carbons (Fsp3) is 0.800. The van der Waals surface area contributed by atoms with Crippen LogP contribution in [0, 0.1) is 4.91 Å². The number of carboxylic acid groups (broad SMARTS) is 1. The van der Waals surface area contributed by atoms with E-state index < -0.39 is 5.97 Å². The van der Waals surface area contributed by atoms with Gasteiger partial charge in [0, 0.05) is 0 Å². The third-order valence-corrected chi connectivity index (χ3v) is 0.879. The Kier molecular flexibility index (Phi) is 5.56. The molecule has 0 spiro atoms. The number of nitroso groups, excluding NO2 is 1. The number of nitrogens with one attached hydrogen (secondary N) is 1. The topological polar surface area (TPSA) is 78.8 Å². The fourth-order valence-corrected chi connectivity index (χ4v) is 0.464. The van der Waals surface area contributed by atoms with Gasteiger partial charge in [-0.2, -0.15) is 4.91 Å². The highest BCUT2D eigenvalue weighted by atomic mass is 16.4. The summed E-state index contributed by atoms with van der Waals surface area (Å²) in [6.07, 6.45) is 0.594. The molecule has 0 aromatic rings. The molecule has 0 fully saturated rings. The standard InChI is InChI=1S/C5H10N2O3/c8-5(9)4-6-2-1-3-7-10/h6H,1-4H2,(H,8,9). The van der Waals surface area contributed by atoms with Crippen molar-refractivity contribution in [2.75, 3.05) is 19.6 Å². The summed E-state index contributed by atoms with van der Waals surface area (Å²) in [6, 6.07) is 0. The second-order valence-electron chi connectivity index (χ2n) is 1.78. The lowest BCUT2D eigenvalue weighted by Gasteiger charge is -1.96. The van der Waals surface area contributed by atoms with Crippen molar-refractivity contribution in [2.24, 2.45) is 5.18 Å². The Balaban J connectivity index is 2.90. The van der Waals surface area contributed by atoms with E-state index in [1.807, 2.05) is 0 Å². The van der Waals surface area contributed by atoms with Crippen molar-refractivity contribution in [3.05, 3.63) is 4.91 Å². The van der Waals surface area contributed by atoms with Gasteiger partial charge in [0.2, 0.25) is 0 Å². The van der Waals surface area contributed by atoms with Gasteiger partial charge in [-0.15, -0.1) is 0 Å². The van der Waals surface area contributed by atoms with Crippen LogP contribution >= 0.6 is 0 Å². The number of rotatable bonds is 6. The Morgan fingerprint density at radius 3 is 2.80 bits per heavy atom.